The van der Waals surface area contributed by atoms with Crippen molar-refractivity contribution in [3.63, 3.8) is 0 Å². The molecule has 3 fully saturated rings. The minimum absolute atomic E-state index is 0.0853. The first kappa shape index (κ1) is 27.7. The van der Waals surface area contributed by atoms with Gasteiger partial charge in [0.25, 0.3) is 0 Å². The predicted molar refractivity (Wildman–Crippen MR) is 163 cm³/mol. The lowest BCUT2D eigenvalue weighted by molar-refractivity contribution is -0.133. The minimum Gasteiger partial charge on any atom is -0.497 e. The Hall–Kier alpha value is -4.16. The molecule has 7 rings (SSSR count). The molecule has 43 heavy (non-hydrogen) atoms. The molecule has 1 aromatic carbocycles. The zero-order chi connectivity index (χ0) is 29.3. The van der Waals surface area contributed by atoms with Gasteiger partial charge in [-0.15, -0.1) is 5.10 Å². The van der Waals surface area contributed by atoms with Crippen LogP contribution < -0.4 is 15.0 Å². The van der Waals surface area contributed by atoms with E-state index in [-0.39, 0.29) is 18.6 Å². The van der Waals surface area contributed by atoms with Crippen LogP contribution >= 0.6 is 0 Å². The van der Waals surface area contributed by atoms with Crippen molar-refractivity contribution in [3.05, 3.63) is 60.6 Å². The van der Waals surface area contributed by atoms with Crippen LogP contribution in [-0.2, 0) is 22.7 Å². The van der Waals surface area contributed by atoms with E-state index in [2.05, 4.69) is 50.6 Å². The van der Waals surface area contributed by atoms with E-state index in [1.165, 1.54) is 18.4 Å². The number of aromatic nitrogens is 5. The number of piperidine rings is 1. The van der Waals surface area contributed by atoms with Gasteiger partial charge >= 0.3 is 0 Å². The van der Waals surface area contributed by atoms with E-state index in [0.29, 0.717) is 24.4 Å². The second-order valence-electron chi connectivity index (χ2n) is 12.0. The smallest absolute Gasteiger partial charge is 0.247 e. The van der Waals surface area contributed by atoms with Gasteiger partial charge in [-0.1, -0.05) is 12.1 Å². The number of likely N-dealkylation sites (N-methyl/N-ethyl adjacent to an activating group) is 1. The number of pyridine rings is 1. The summed E-state index contributed by atoms with van der Waals surface area (Å²) in [5.74, 6) is 2.41. The average Bonchev–Trinajstić information content (AvgIpc) is 3.71. The van der Waals surface area contributed by atoms with Gasteiger partial charge in [-0.3, -0.25) is 9.48 Å². The van der Waals surface area contributed by atoms with E-state index in [9.17, 15) is 4.79 Å². The number of carbonyl (C=O) groups is 1. The molecule has 3 atom stereocenters. The summed E-state index contributed by atoms with van der Waals surface area (Å²) >= 11 is 0. The normalized spacial score (nSPS) is 22.3. The summed E-state index contributed by atoms with van der Waals surface area (Å²) in [7, 11) is 3.77. The van der Waals surface area contributed by atoms with E-state index in [0.717, 1.165) is 62.0 Å². The third-order valence-corrected chi connectivity index (χ3v) is 9.07. The molecule has 0 radical (unpaired) electrons. The maximum absolute atomic E-state index is 12.7. The molecule has 1 N–H and O–H groups in total. The van der Waals surface area contributed by atoms with Crippen LogP contribution in [0.15, 0.2) is 55.0 Å². The zero-order valence-corrected chi connectivity index (χ0v) is 24.8. The Morgan fingerprint density at radius 2 is 1.81 bits per heavy atom. The van der Waals surface area contributed by atoms with Crippen molar-refractivity contribution >= 4 is 28.9 Å². The second-order valence-corrected chi connectivity index (χ2v) is 12.0. The Labute approximate surface area is 251 Å². The highest BCUT2D eigenvalue weighted by molar-refractivity contribution is 5.76. The molecule has 2 aliphatic heterocycles. The van der Waals surface area contributed by atoms with Crippen LogP contribution in [0.4, 0.5) is 17.3 Å². The molecule has 1 unspecified atom stereocenters. The highest BCUT2D eigenvalue weighted by Crippen LogP contribution is 2.41. The third-order valence-electron chi connectivity index (χ3n) is 9.07. The SMILES string of the molecule is COc1ccc(COC2[C@@H]3CC[C@H]2CN(c2cccn4nc(Nc5cnn(CC(=O)N6CCN(C)CC6)c5)nc24)C3)cc1. The van der Waals surface area contributed by atoms with Crippen molar-refractivity contribution in [2.45, 2.75) is 32.1 Å². The van der Waals surface area contributed by atoms with Crippen molar-refractivity contribution in [1.29, 1.82) is 0 Å². The molecule has 1 saturated carbocycles. The number of hydrogen-bond donors (Lipinski definition) is 1. The lowest BCUT2D eigenvalue weighted by Crippen LogP contribution is -2.48. The molecule has 3 aliphatic rings. The van der Waals surface area contributed by atoms with Crippen LogP contribution in [0.1, 0.15) is 18.4 Å². The van der Waals surface area contributed by atoms with Gasteiger partial charge in [-0.05, 0) is 49.7 Å². The summed E-state index contributed by atoms with van der Waals surface area (Å²) in [5, 5.41) is 12.3. The van der Waals surface area contributed by atoms with E-state index < -0.39 is 0 Å². The van der Waals surface area contributed by atoms with Crippen molar-refractivity contribution in [2.75, 3.05) is 63.6 Å². The fraction of sp³-hybridized carbons (Fsp3) is 0.484. The van der Waals surface area contributed by atoms with Crippen LogP contribution in [-0.4, -0.2) is 99.6 Å². The summed E-state index contributed by atoms with van der Waals surface area (Å²) in [6.07, 6.45) is 8.09. The molecular formula is C31H39N9O3. The number of ether oxygens (including phenoxy) is 2. The number of methoxy groups -OCH3 is 1. The highest BCUT2D eigenvalue weighted by atomic mass is 16.5. The highest BCUT2D eigenvalue weighted by Gasteiger charge is 2.43. The number of rotatable bonds is 9. The number of benzene rings is 1. The van der Waals surface area contributed by atoms with E-state index in [4.69, 9.17) is 14.5 Å². The largest absolute Gasteiger partial charge is 0.497 e. The van der Waals surface area contributed by atoms with Crippen LogP contribution in [0.5, 0.6) is 5.75 Å². The number of piperazine rings is 1. The molecule has 3 aromatic heterocycles. The summed E-state index contributed by atoms with van der Waals surface area (Å²) in [4.78, 5) is 24.2. The van der Waals surface area contributed by atoms with E-state index >= 15 is 0 Å². The molecule has 0 spiro atoms. The van der Waals surface area contributed by atoms with Crippen molar-refractivity contribution in [1.82, 2.24) is 34.2 Å². The number of nitrogens with zero attached hydrogens (tertiary/aromatic N) is 8. The summed E-state index contributed by atoms with van der Waals surface area (Å²) in [5.41, 5.74) is 3.82. The first-order chi connectivity index (χ1) is 21.0. The monoisotopic (exact) mass is 585 g/mol. The minimum atomic E-state index is 0.0853. The van der Waals surface area contributed by atoms with Gasteiger partial charge < -0.3 is 29.5 Å². The average molecular weight is 586 g/mol. The zero-order valence-electron chi connectivity index (χ0n) is 24.8. The van der Waals surface area contributed by atoms with E-state index in [1.54, 1.807) is 18.0 Å². The third kappa shape index (κ3) is 5.89. The van der Waals surface area contributed by atoms with Crippen molar-refractivity contribution in [3.8, 4) is 5.75 Å². The summed E-state index contributed by atoms with van der Waals surface area (Å²) in [6, 6.07) is 12.3. The van der Waals surface area contributed by atoms with Gasteiger partial charge in [0.1, 0.15) is 12.3 Å². The Balaban J connectivity index is 0.988. The fourth-order valence-electron chi connectivity index (χ4n) is 6.69. The van der Waals surface area contributed by atoms with Crippen molar-refractivity contribution in [2.24, 2.45) is 11.8 Å². The summed E-state index contributed by atoms with van der Waals surface area (Å²) < 4.78 is 15.3. The van der Waals surface area contributed by atoms with Gasteiger partial charge in [0, 0.05) is 63.5 Å². The fourth-order valence-corrected chi connectivity index (χ4v) is 6.69. The Morgan fingerprint density at radius 1 is 1.05 bits per heavy atom. The van der Waals surface area contributed by atoms with Crippen molar-refractivity contribution < 1.29 is 14.3 Å². The number of amides is 1. The molecule has 1 aliphatic carbocycles. The molecule has 2 saturated heterocycles. The van der Waals surface area contributed by atoms with Crippen LogP contribution in [0.3, 0.4) is 0 Å². The Morgan fingerprint density at radius 3 is 2.56 bits per heavy atom. The molecule has 4 aromatic rings. The first-order valence-corrected chi connectivity index (χ1v) is 15.1. The number of anilines is 3. The first-order valence-electron chi connectivity index (χ1n) is 15.1. The quantitative estimate of drug-likeness (QED) is 0.318. The number of carbonyl (C=O) groups excluding carboxylic acids is 1. The molecule has 5 heterocycles. The van der Waals surface area contributed by atoms with Crippen LogP contribution in [0.2, 0.25) is 0 Å². The molecule has 12 heteroatoms. The molecule has 226 valence electrons. The number of hydrogen-bond acceptors (Lipinski definition) is 9. The molecular weight excluding hydrogens is 546 g/mol. The maximum atomic E-state index is 12.7. The van der Waals surface area contributed by atoms with Gasteiger partial charge in [-0.25, -0.2) is 4.52 Å². The van der Waals surface area contributed by atoms with E-state index in [1.807, 2.05) is 40.0 Å². The molecule has 2 bridgehead atoms. The van der Waals surface area contributed by atoms with Gasteiger partial charge in [0.15, 0.2) is 5.65 Å². The summed E-state index contributed by atoms with van der Waals surface area (Å²) in [6.45, 7) is 6.03. The van der Waals surface area contributed by atoms with Crippen LogP contribution in [0, 0.1) is 11.8 Å². The van der Waals surface area contributed by atoms with Crippen LogP contribution in [0.25, 0.3) is 5.65 Å². The molecule has 12 nitrogen and oxygen atoms in total. The molecule has 1 amide bonds. The predicted octanol–water partition coefficient (Wildman–Crippen LogP) is 2.88. The van der Waals surface area contributed by atoms with Gasteiger partial charge in [0.05, 0.1) is 37.4 Å². The Bertz CT molecular complexity index is 1550. The second kappa shape index (κ2) is 11.8. The van der Waals surface area contributed by atoms with Gasteiger partial charge in [-0.2, -0.15) is 10.1 Å². The number of fused-ring (bicyclic) bond motifs is 3. The topological polar surface area (TPSA) is 105 Å². The lowest BCUT2D eigenvalue weighted by atomic mass is 9.94. The number of nitrogens with one attached hydrogen (secondary N) is 1. The Kier molecular flexibility index (Phi) is 7.62. The van der Waals surface area contributed by atoms with Gasteiger partial charge in [0.2, 0.25) is 11.9 Å². The maximum Gasteiger partial charge on any atom is 0.247 e. The standard InChI is InChI=1S/C31H39N9O3/c1-36-12-14-37(15-13-36)28(41)20-39-19-25(16-32-39)33-31-34-30-27(4-3-11-40(30)35-31)38-17-23-7-8-24(18-38)29(23)43-21-22-5-9-26(42-2)10-6-22/h3-6,9-11,16,19,23-24,29H,7-8,12-15,17-18,20-21H2,1-2H3,(H,33,35)/t23-,24+,29?. The lowest BCUT2D eigenvalue weighted by Gasteiger charge is -2.39.